The number of rotatable bonds is 2. The molecule has 1 aromatic carbocycles. The van der Waals surface area contributed by atoms with Crippen LogP contribution in [0, 0.1) is 0 Å². The van der Waals surface area contributed by atoms with Crippen molar-refractivity contribution in [2.45, 2.75) is 11.9 Å². The van der Waals surface area contributed by atoms with E-state index in [1.165, 1.54) is 18.2 Å². The van der Waals surface area contributed by atoms with E-state index in [0.717, 1.165) is 12.3 Å². The molecule has 0 aliphatic heterocycles. The Labute approximate surface area is 107 Å². The van der Waals surface area contributed by atoms with Crippen LogP contribution in [-0.4, -0.2) is 10.1 Å². The van der Waals surface area contributed by atoms with Gasteiger partial charge in [0.1, 0.15) is 5.69 Å². The van der Waals surface area contributed by atoms with Crippen molar-refractivity contribution in [2.24, 2.45) is 5.73 Å². The first-order chi connectivity index (χ1) is 8.82. The number of nitrogens with zero attached hydrogens (tertiary/aromatic N) is 1. The molecule has 0 saturated heterocycles. The number of nitrogens with two attached hydrogens (primary N) is 1. The van der Waals surface area contributed by atoms with Crippen LogP contribution in [0.1, 0.15) is 16.8 Å². The maximum atomic E-state index is 12.6. The Morgan fingerprint density at radius 3 is 2.21 bits per heavy atom. The fourth-order valence-electron chi connectivity index (χ4n) is 1.68. The van der Waals surface area contributed by atoms with E-state index in [0.29, 0.717) is 5.56 Å². The second-order valence-electron chi connectivity index (χ2n) is 4.06. The summed E-state index contributed by atoms with van der Waals surface area (Å²) >= 11 is 0. The lowest BCUT2D eigenvalue weighted by molar-refractivity contribution is -0.141. The molecule has 1 aromatic heterocycles. The summed E-state index contributed by atoms with van der Waals surface area (Å²) in [6, 6.07) is 10.1. The molecule has 1 unspecified atom stereocenters. The minimum Gasteiger partial charge on any atom is -0.368 e. The van der Waals surface area contributed by atoms with Gasteiger partial charge in [-0.05, 0) is 12.1 Å². The predicted molar refractivity (Wildman–Crippen MR) is 62.9 cm³/mol. The van der Waals surface area contributed by atoms with Crippen molar-refractivity contribution in [3.8, 4) is 0 Å². The summed E-state index contributed by atoms with van der Waals surface area (Å²) in [5, 5.41) is 10.2. The molecule has 0 aliphatic carbocycles. The molecule has 2 aromatic rings. The normalized spacial score (nSPS) is 15.0. The van der Waals surface area contributed by atoms with Gasteiger partial charge in [-0.3, -0.25) is 10.7 Å². The summed E-state index contributed by atoms with van der Waals surface area (Å²) in [4.78, 5) is 3.23. The minimum atomic E-state index is -4.58. The Kier molecular flexibility index (Phi) is 3.30. The second-order valence-corrected chi connectivity index (χ2v) is 4.06. The standard InChI is InChI=1S/C13H11F3N2O/c14-13(15,16)11-8-10(6-7-18-11)12(17,19)9-4-2-1-3-5-9/h1-8,19H,17H2. The number of alkyl halides is 3. The lowest BCUT2D eigenvalue weighted by Crippen LogP contribution is -2.37. The number of aromatic nitrogens is 1. The molecule has 0 aliphatic rings. The Bertz CT molecular complexity index is 568. The maximum Gasteiger partial charge on any atom is 0.433 e. The van der Waals surface area contributed by atoms with Crippen LogP contribution < -0.4 is 5.73 Å². The van der Waals surface area contributed by atoms with Gasteiger partial charge in [-0.15, -0.1) is 0 Å². The monoisotopic (exact) mass is 268 g/mol. The van der Waals surface area contributed by atoms with E-state index < -0.39 is 17.6 Å². The van der Waals surface area contributed by atoms with Gasteiger partial charge in [0, 0.05) is 17.3 Å². The van der Waals surface area contributed by atoms with Crippen molar-refractivity contribution < 1.29 is 18.3 Å². The Morgan fingerprint density at radius 1 is 1.00 bits per heavy atom. The van der Waals surface area contributed by atoms with Crippen molar-refractivity contribution in [2.75, 3.05) is 0 Å². The lowest BCUT2D eigenvalue weighted by atomic mass is 9.95. The first kappa shape index (κ1) is 13.5. The topological polar surface area (TPSA) is 59.1 Å². The first-order valence-corrected chi connectivity index (χ1v) is 5.42. The van der Waals surface area contributed by atoms with Gasteiger partial charge in [-0.2, -0.15) is 13.2 Å². The quantitative estimate of drug-likeness (QED) is 0.821. The molecule has 3 nitrogen and oxygen atoms in total. The molecule has 1 heterocycles. The third-order valence-corrected chi connectivity index (χ3v) is 2.70. The molecule has 19 heavy (non-hydrogen) atoms. The smallest absolute Gasteiger partial charge is 0.368 e. The molecule has 0 fully saturated rings. The molecule has 0 radical (unpaired) electrons. The first-order valence-electron chi connectivity index (χ1n) is 5.42. The zero-order chi connectivity index (χ0) is 14.1. The van der Waals surface area contributed by atoms with Crippen molar-refractivity contribution in [3.63, 3.8) is 0 Å². The van der Waals surface area contributed by atoms with Gasteiger partial charge in [0.2, 0.25) is 0 Å². The Balaban J connectivity index is 2.47. The molecule has 0 saturated carbocycles. The van der Waals surface area contributed by atoms with Crippen molar-refractivity contribution >= 4 is 0 Å². The highest BCUT2D eigenvalue weighted by atomic mass is 19.4. The SMILES string of the molecule is NC(O)(c1ccccc1)c1ccnc(C(F)(F)F)c1. The number of pyridine rings is 1. The summed E-state index contributed by atoms with van der Waals surface area (Å²) in [5.74, 6) is 0. The van der Waals surface area contributed by atoms with Crippen LogP contribution >= 0.6 is 0 Å². The minimum absolute atomic E-state index is 0.0685. The second kappa shape index (κ2) is 4.64. The van der Waals surface area contributed by atoms with E-state index >= 15 is 0 Å². The molecule has 100 valence electrons. The van der Waals surface area contributed by atoms with Gasteiger partial charge in [0.15, 0.2) is 5.72 Å². The third kappa shape index (κ3) is 2.74. The van der Waals surface area contributed by atoms with Crippen LogP contribution in [0.15, 0.2) is 48.7 Å². The predicted octanol–water partition coefficient (Wildman–Crippen LogP) is 2.25. The van der Waals surface area contributed by atoms with Gasteiger partial charge >= 0.3 is 6.18 Å². The fourth-order valence-corrected chi connectivity index (χ4v) is 1.68. The number of aliphatic hydroxyl groups is 1. The van der Waals surface area contributed by atoms with Gasteiger partial charge in [0.05, 0.1) is 0 Å². The zero-order valence-electron chi connectivity index (χ0n) is 9.72. The molecule has 2 rings (SSSR count). The van der Waals surface area contributed by atoms with Crippen molar-refractivity contribution in [1.82, 2.24) is 4.98 Å². The summed E-state index contributed by atoms with van der Waals surface area (Å²) in [5.41, 5.74) is 2.88. The van der Waals surface area contributed by atoms with E-state index in [4.69, 9.17) is 5.73 Å². The zero-order valence-corrected chi connectivity index (χ0v) is 9.72. The summed E-state index contributed by atoms with van der Waals surface area (Å²) < 4.78 is 37.7. The fraction of sp³-hybridized carbons (Fsp3) is 0.154. The van der Waals surface area contributed by atoms with Gasteiger partial charge in [0.25, 0.3) is 0 Å². The average Bonchev–Trinajstić information content (AvgIpc) is 2.39. The molecule has 3 N–H and O–H groups in total. The van der Waals surface area contributed by atoms with Gasteiger partial charge in [-0.25, -0.2) is 0 Å². The number of hydrogen-bond donors (Lipinski definition) is 2. The molecular formula is C13H11F3N2O. The summed E-state index contributed by atoms with van der Waals surface area (Å²) in [6.45, 7) is 0. The van der Waals surface area contributed by atoms with E-state index in [2.05, 4.69) is 4.98 Å². The largest absolute Gasteiger partial charge is 0.433 e. The molecular weight excluding hydrogens is 257 g/mol. The molecule has 0 amide bonds. The van der Waals surface area contributed by atoms with Crippen LogP contribution in [-0.2, 0) is 11.9 Å². The highest BCUT2D eigenvalue weighted by Gasteiger charge is 2.35. The van der Waals surface area contributed by atoms with Crippen molar-refractivity contribution in [1.29, 1.82) is 0 Å². The number of hydrogen-bond acceptors (Lipinski definition) is 3. The highest BCUT2D eigenvalue weighted by molar-refractivity contribution is 5.35. The lowest BCUT2D eigenvalue weighted by Gasteiger charge is -2.24. The van der Waals surface area contributed by atoms with E-state index in [9.17, 15) is 18.3 Å². The number of halogens is 3. The maximum absolute atomic E-state index is 12.6. The molecule has 6 heteroatoms. The Hall–Kier alpha value is -1.92. The van der Waals surface area contributed by atoms with E-state index in [-0.39, 0.29) is 5.56 Å². The average molecular weight is 268 g/mol. The van der Waals surface area contributed by atoms with Crippen LogP contribution in [0.4, 0.5) is 13.2 Å². The van der Waals surface area contributed by atoms with Gasteiger partial charge < -0.3 is 5.11 Å². The van der Waals surface area contributed by atoms with Crippen LogP contribution in [0.5, 0.6) is 0 Å². The van der Waals surface area contributed by atoms with E-state index in [1.54, 1.807) is 18.2 Å². The van der Waals surface area contributed by atoms with Crippen LogP contribution in [0.25, 0.3) is 0 Å². The van der Waals surface area contributed by atoms with Crippen molar-refractivity contribution in [3.05, 3.63) is 65.5 Å². The third-order valence-electron chi connectivity index (χ3n) is 2.70. The molecule has 1 atom stereocenters. The highest BCUT2D eigenvalue weighted by Crippen LogP contribution is 2.31. The summed E-state index contributed by atoms with van der Waals surface area (Å²) in [7, 11) is 0. The Morgan fingerprint density at radius 2 is 1.63 bits per heavy atom. The summed E-state index contributed by atoms with van der Waals surface area (Å²) in [6.07, 6.45) is -3.61. The van der Waals surface area contributed by atoms with Crippen LogP contribution in [0.3, 0.4) is 0 Å². The van der Waals surface area contributed by atoms with E-state index in [1.807, 2.05) is 0 Å². The molecule has 0 bridgehead atoms. The van der Waals surface area contributed by atoms with Gasteiger partial charge in [-0.1, -0.05) is 30.3 Å². The van der Waals surface area contributed by atoms with Crippen LogP contribution in [0.2, 0.25) is 0 Å². The molecule has 0 spiro atoms. The number of benzene rings is 1.